The van der Waals surface area contributed by atoms with Gasteiger partial charge in [0.15, 0.2) is 5.82 Å². The van der Waals surface area contributed by atoms with Crippen molar-refractivity contribution in [2.45, 2.75) is 39.7 Å². The van der Waals surface area contributed by atoms with Gasteiger partial charge in [0.1, 0.15) is 11.4 Å². The van der Waals surface area contributed by atoms with E-state index >= 15 is 0 Å². The van der Waals surface area contributed by atoms with Crippen LogP contribution in [0.25, 0.3) is 0 Å². The van der Waals surface area contributed by atoms with Gasteiger partial charge in [-0.1, -0.05) is 6.92 Å². The lowest BCUT2D eigenvalue weighted by atomic mass is 10.1. The quantitative estimate of drug-likeness (QED) is 0.831. The number of aromatic nitrogens is 2. The Labute approximate surface area is 117 Å². The second-order valence-electron chi connectivity index (χ2n) is 4.20. The minimum Gasteiger partial charge on any atom is -0.372 e. The number of rotatable bonds is 5. The SMILES string of the molecule is CCOC(C)(C)c1nc(CC)c(I)c(NC)n1. The molecule has 0 unspecified atom stereocenters. The molecule has 0 aliphatic heterocycles. The van der Waals surface area contributed by atoms with E-state index in [1.807, 2.05) is 27.8 Å². The van der Waals surface area contributed by atoms with Gasteiger partial charge in [-0.2, -0.15) is 0 Å². The molecule has 0 aromatic carbocycles. The van der Waals surface area contributed by atoms with Gasteiger partial charge in [-0.15, -0.1) is 0 Å². The second kappa shape index (κ2) is 5.95. The van der Waals surface area contributed by atoms with E-state index in [9.17, 15) is 0 Å². The summed E-state index contributed by atoms with van der Waals surface area (Å²) in [4.78, 5) is 9.14. The maximum absolute atomic E-state index is 5.70. The Kier molecular flexibility index (Phi) is 5.12. The molecule has 0 bridgehead atoms. The Morgan fingerprint density at radius 1 is 1.29 bits per heavy atom. The van der Waals surface area contributed by atoms with Crippen LogP contribution in [0, 0.1) is 3.57 Å². The molecule has 1 aromatic heterocycles. The van der Waals surface area contributed by atoms with Crippen LogP contribution in [0.5, 0.6) is 0 Å². The number of aryl methyl sites for hydroxylation is 1. The highest BCUT2D eigenvalue weighted by molar-refractivity contribution is 14.1. The maximum atomic E-state index is 5.70. The molecule has 4 nitrogen and oxygen atoms in total. The smallest absolute Gasteiger partial charge is 0.162 e. The van der Waals surface area contributed by atoms with Crippen LogP contribution in [0.3, 0.4) is 0 Å². The number of nitrogens with one attached hydrogen (secondary N) is 1. The molecule has 96 valence electrons. The van der Waals surface area contributed by atoms with E-state index in [2.05, 4.69) is 44.8 Å². The van der Waals surface area contributed by atoms with Crippen molar-refractivity contribution in [3.05, 3.63) is 15.1 Å². The highest BCUT2D eigenvalue weighted by Gasteiger charge is 2.26. The average Bonchev–Trinajstić information content (AvgIpc) is 2.29. The highest BCUT2D eigenvalue weighted by atomic mass is 127. The predicted octanol–water partition coefficient (Wildman–Crippen LogP) is 2.96. The molecule has 17 heavy (non-hydrogen) atoms. The Balaban J connectivity index is 3.26. The number of anilines is 1. The Morgan fingerprint density at radius 2 is 1.94 bits per heavy atom. The van der Waals surface area contributed by atoms with E-state index < -0.39 is 5.60 Å². The zero-order valence-corrected chi connectivity index (χ0v) is 13.3. The molecule has 0 aliphatic carbocycles. The molecule has 0 amide bonds. The van der Waals surface area contributed by atoms with Crippen molar-refractivity contribution in [2.75, 3.05) is 19.0 Å². The van der Waals surface area contributed by atoms with Gasteiger partial charge < -0.3 is 10.1 Å². The van der Waals surface area contributed by atoms with Crippen LogP contribution >= 0.6 is 22.6 Å². The van der Waals surface area contributed by atoms with Crippen LogP contribution in [-0.4, -0.2) is 23.6 Å². The molecule has 0 fully saturated rings. The van der Waals surface area contributed by atoms with Gasteiger partial charge in [-0.05, 0) is 49.8 Å². The second-order valence-corrected chi connectivity index (χ2v) is 5.28. The molecule has 1 heterocycles. The van der Waals surface area contributed by atoms with Crippen molar-refractivity contribution < 1.29 is 4.74 Å². The van der Waals surface area contributed by atoms with Crippen molar-refractivity contribution >= 4 is 28.4 Å². The highest BCUT2D eigenvalue weighted by Crippen LogP contribution is 2.26. The molecule has 0 atom stereocenters. The molecule has 5 heteroatoms. The first-order valence-corrected chi connectivity index (χ1v) is 6.92. The van der Waals surface area contributed by atoms with Gasteiger partial charge in [0.2, 0.25) is 0 Å². The summed E-state index contributed by atoms with van der Waals surface area (Å²) in [6.07, 6.45) is 0.894. The van der Waals surface area contributed by atoms with Crippen LogP contribution < -0.4 is 5.32 Å². The van der Waals surface area contributed by atoms with E-state index in [4.69, 9.17) is 4.74 Å². The lowest BCUT2D eigenvalue weighted by molar-refractivity contribution is -0.0208. The molecule has 1 aromatic rings. The molecule has 0 spiro atoms. The molecule has 0 saturated carbocycles. The number of ether oxygens (including phenoxy) is 1. The van der Waals surface area contributed by atoms with Gasteiger partial charge in [0.05, 0.1) is 9.26 Å². The Hall–Kier alpha value is -0.430. The van der Waals surface area contributed by atoms with Gasteiger partial charge in [0.25, 0.3) is 0 Å². The maximum Gasteiger partial charge on any atom is 0.162 e. The summed E-state index contributed by atoms with van der Waals surface area (Å²) in [6, 6.07) is 0. The van der Waals surface area contributed by atoms with Crippen LogP contribution in [0.15, 0.2) is 0 Å². The minimum absolute atomic E-state index is 0.450. The normalized spacial score (nSPS) is 11.6. The zero-order valence-electron chi connectivity index (χ0n) is 11.1. The van der Waals surface area contributed by atoms with E-state index in [1.165, 1.54) is 0 Å². The zero-order chi connectivity index (χ0) is 13.1. The summed E-state index contributed by atoms with van der Waals surface area (Å²) in [6.45, 7) is 8.73. The van der Waals surface area contributed by atoms with Crippen molar-refractivity contribution in [2.24, 2.45) is 0 Å². The summed E-state index contributed by atoms with van der Waals surface area (Å²) in [5, 5.41) is 3.11. The summed E-state index contributed by atoms with van der Waals surface area (Å²) < 4.78 is 6.79. The summed E-state index contributed by atoms with van der Waals surface area (Å²) in [7, 11) is 1.88. The van der Waals surface area contributed by atoms with E-state index in [-0.39, 0.29) is 0 Å². The van der Waals surface area contributed by atoms with E-state index in [0.717, 1.165) is 27.3 Å². The first-order valence-electron chi connectivity index (χ1n) is 5.84. The standard InChI is InChI=1S/C12H20IN3O/c1-6-8-9(13)10(14-5)16-11(15-8)12(3,4)17-7-2/h6-7H2,1-5H3,(H,14,15,16). The van der Waals surface area contributed by atoms with Gasteiger partial charge in [0, 0.05) is 13.7 Å². The fourth-order valence-electron chi connectivity index (χ4n) is 1.59. The van der Waals surface area contributed by atoms with Crippen molar-refractivity contribution in [3.63, 3.8) is 0 Å². The van der Waals surface area contributed by atoms with Crippen LogP contribution in [0.4, 0.5) is 5.82 Å². The molecule has 0 aliphatic rings. The Bertz CT molecular complexity index is 368. The molecule has 0 saturated heterocycles. The Morgan fingerprint density at radius 3 is 2.41 bits per heavy atom. The third-order valence-corrected chi connectivity index (χ3v) is 3.67. The third kappa shape index (κ3) is 3.28. The molecule has 1 rings (SSSR count). The van der Waals surface area contributed by atoms with E-state index in [1.54, 1.807) is 0 Å². The number of hydrogen-bond donors (Lipinski definition) is 1. The van der Waals surface area contributed by atoms with Crippen LogP contribution in [-0.2, 0) is 16.8 Å². The summed E-state index contributed by atoms with van der Waals surface area (Å²) in [5.74, 6) is 1.61. The first-order chi connectivity index (χ1) is 7.96. The van der Waals surface area contributed by atoms with Crippen LogP contribution in [0.2, 0.25) is 0 Å². The monoisotopic (exact) mass is 349 g/mol. The topological polar surface area (TPSA) is 47.0 Å². The molecule has 1 N–H and O–H groups in total. The lowest BCUT2D eigenvalue weighted by Crippen LogP contribution is -2.26. The van der Waals surface area contributed by atoms with E-state index in [0.29, 0.717) is 6.61 Å². The van der Waals surface area contributed by atoms with Crippen LogP contribution in [0.1, 0.15) is 39.2 Å². The summed E-state index contributed by atoms with van der Waals surface area (Å²) >= 11 is 2.28. The van der Waals surface area contributed by atoms with Crippen molar-refractivity contribution in [3.8, 4) is 0 Å². The minimum atomic E-state index is -0.450. The van der Waals surface area contributed by atoms with Gasteiger partial charge in [-0.25, -0.2) is 9.97 Å². The third-order valence-electron chi connectivity index (χ3n) is 2.54. The van der Waals surface area contributed by atoms with Crippen molar-refractivity contribution in [1.82, 2.24) is 9.97 Å². The largest absolute Gasteiger partial charge is 0.372 e. The molecular formula is C12H20IN3O. The number of nitrogens with zero attached hydrogens (tertiary/aromatic N) is 2. The fourth-order valence-corrected chi connectivity index (χ4v) is 2.48. The predicted molar refractivity (Wildman–Crippen MR) is 78.3 cm³/mol. The number of halogens is 1. The number of hydrogen-bond acceptors (Lipinski definition) is 4. The van der Waals surface area contributed by atoms with Gasteiger partial charge >= 0.3 is 0 Å². The van der Waals surface area contributed by atoms with Crippen molar-refractivity contribution in [1.29, 1.82) is 0 Å². The first kappa shape index (κ1) is 14.6. The molecular weight excluding hydrogens is 329 g/mol. The molecule has 0 radical (unpaired) electrons. The fraction of sp³-hybridized carbons (Fsp3) is 0.667. The average molecular weight is 349 g/mol. The summed E-state index contributed by atoms with van der Waals surface area (Å²) in [5.41, 5.74) is 0.613. The lowest BCUT2D eigenvalue weighted by Gasteiger charge is -2.24. The van der Waals surface area contributed by atoms with Gasteiger partial charge in [-0.3, -0.25) is 0 Å².